The van der Waals surface area contributed by atoms with Crippen LogP contribution in [-0.4, -0.2) is 35.3 Å². The smallest absolute Gasteiger partial charge is 0.408 e. The first-order valence-corrected chi connectivity index (χ1v) is 10.7. The van der Waals surface area contributed by atoms with E-state index in [1.807, 2.05) is 30.3 Å². The first-order chi connectivity index (χ1) is 15.0. The number of ether oxygens (including phenoxy) is 1. The predicted molar refractivity (Wildman–Crippen MR) is 117 cm³/mol. The van der Waals surface area contributed by atoms with Crippen molar-refractivity contribution in [2.45, 2.75) is 38.0 Å². The van der Waals surface area contributed by atoms with Crippen LogP contribution < -0.4 is 10.6 Å². The average molecular weight is 492 g/mol. The van der Waals surface area contributed by atoms with Gasteiger partial charge in [-0.05, 0) is 52.0 Å². The maximum absolute atomic E-state index is 13.1. The first kappa shape index (κ1) is 22.7. The van der Waals surface area contributed by atoms with Crippen molar-refractivity contribution in [1.82, 2.24) is 10.6 Å². The van der Waals surface area contributed by atoms with Crippen LogP contribution in [0.15, 0.2) is 59.8 Å². The van der Waals surface area contributed by atoms with Crippen molar-refractivity contribution < 1.29 is 23.6 Å². The number of hydrogen-bond donors (Lipinski definition) is 2. The van der Waals surface area contributed by atoms with Gasteiger partial charge in [0.2, 0.25) is 5.91 Å². The molecule has 164 valence electrons. The lowest BCUT2D eigenvalue weighted by Crippen LogP contribution is -2.48. The summed E-state index contributed by atoms with van der Waals surface area (Å²) in [5, 5.41) is 9.19. The van der Waals surface area contributed by atoms with E-state index in [0.717, 1.165) is 11.1 Å². The third-order valence-corrected chi connectivity index (χ3v) is 5.13. The van der Waals surface area contributed by atoms with E-state index in [4.69, 9.17) is 9.57 Å². The number of halogens is 2. The van der Waals surface area contributed by atoms with Gasteiger partial charge >= 0.3 is 6.09 Å². The van der Waals surface area contributed by atoms with Crippen LogP contribution in [0.1, 0.15) is 24.0 Å². The highest BCUT2D eigenvalue weighted by Gasteiger charge is 2.25. The molecule has 0 aliphatic carbocycles. The van der Waals surface area contributed by atoms with Crippen molar-refractivity contribution in [3.8, 4) is 0 Å². The van der Waals surface area contributed by atoms with Crippen LogP contribution in [-0.2, 0) is 27.4 Å². The quantitative estimate of drug-likeness (QED) is 0.559. The molecule has 0 saturated carbocycles. The maximum Gasteiger partial charge on any atom is 0.408 e. The number of carbonyl (C=O) groups is 2. The molecule has 2 aromatic carbocycles. The van der Waals surface area contributed by atoms with Crippen LogP contribution in [0.4, 0.5) is 9.18 Å². The van der Waals surface area contributed by atoms with Crippen LogP contribution in [0.5, 0.6) is 0 Å². The summed E-state index contributed by atoms with van der Waals surface area (Å²) in [5.41, 5.74) is 1.70. The predicted octanol–water partition coefficient (Wildman–Crippen LogP) is 3.67. The summed E-state index contributed by atoms with van der Waals surface area (Å²) in [4.78, 5) is 30.2. The summed E-state index contributed by atoms with van der Waals surface area (Å²) in [7, 11) is 0. The molecule has 0 fully saturated rings. The van der Waals surface area contributed by atoms with Gasteiger partial charge in [-0.1, -0.05) is 47.6 Å². The van der Waals surface area contributed by atoms with Crippen LogP contribution in [0.25, 0.3) is 0 Å². The van der Waals surface area contributed by atoms with Crippen molar-refractivity contribution in [2.75, 3.05) is 6.54 Å². The minimum Gasteiger partial charge on any atom is -0.445 e. The van der Waals surface area contributed by atoms with Crippen LogP contribution in [0.2, 0.25) is 0 Å². The zero-order valence-corrected chi connectivity index (χ0v) is 18.3. The van der Waals surface area contributed by atoms with E-state index >= 15 is 0 Å². The molecular weight excluding hydrogens is 469 g/mol. The fourth-order valence-electron chi connectivity index (χ4n) is 2.98. The highest BCUT2D eigenvalue weighted by molar-refractivity contribution is 9.18. The SMILES string of the molecule is O=C(N[C@@H](CCc1ccc(F)cc1)C(=O)NCC1CC(Br)=NO1)OCc1ccccc1. The van der Waals surface area contributed by atoms with E-state index in [0.29, 0.717) is 23.9 Å². The zero-order chi connectivity index (χ0) is 22.1. The summed E-state index contributed by atoms with van der Waals surface area (Å²) in [6.45, 7) is 0.353. The number of oxime groups is 1. The molecule has 2 N–H and O–H groups in total. The number of amides is 2. The third kappa shape index (κ3) is 7.67. The maximum atomic E-state index is 13.1. The van der Waals surface area contributed by atoms with Gasteiger partial charge < -0.3 is 20.2 Å². The third-order valence-electron chi connectivity index (χ3n) is 4.66. The lowest BCUT2D eigenvalue weighted by Gasteiger charge is -2.19. The molecule has 0 bridgehead atoms. The molecule has 1 aliphatic rings. The second kappa shape index (κ2) is 11.5. The fraction of sp³-hybridized carbons (Fsp3) is 0.318. The molecule has 2 amide bonds. The Morgan fingerprint density at radius 2 is 1.90 bits per heavy atom. The molecule has 31 heavy (non-hydrogen) atoms. The number of hydrogen-bond acceptors (Lipinski definition) is 5. The Bertz CT molecular complexity index is 909. The Hall–Kier alpha value is -2.94. The van der Waals surface area contributed by atoms with Crippen molar-refractivity contribution in [3.05, 3.63) is 71.5 Å². The fourth-order valence-corrected chi connectivity index (χ4v) is 3.42. The van der Waals surface area contributed by atoms with Gasteiger partial charge in [0.15, 0.2) is 6.10 Å². The Kier molecular flexibility index (Phi) is 8.40. The number of benzene rings is 2. The topological polar surface area (TPSA) is 89.0 Å². The van der Waals surface area contributed by atoms with E-state index in [1.165, 1.54) is 12.1 Å². The van der Waals surface area contributed by atoms with Crippen LogP contribution in [0.3, 0.4) is 0 Å². The summed E-state index contributed by atoms with van der Waals surface area (Å²) >= 11 is 3.25. The van der Waals surface area contributed by atoms with E-state index in [2.05, 4.69) is 31.7 Å². The molecular formula is C22H23BrFN3O4. The van der Waals surface area contributed by atoms with Gasteiger partial charge in [0, 0.05) is 6.42 Å². The summed E-state index contributed by atoms with van der Waals surface area (Å²) < 4.78 is 19.0. The minimum absolute atomic E-state index is 0.0975. The van der Waals surface area contributed by atoms with E-state index in [-0.39, 0.29) is 31.0 Å². The van der Waals surface area contributed by atoms with Crippen LogP contribution in [0, 0.1) is 5.82 Å². The molecule has 9 heteroatoms. The van der Waals surface area contributed by atoms with E-state index < -0.39 is 12.1 Å². The largest absolute Gasteiger partial charge is 0.445 e. The van der Waals surface area contributed by atoms with E-state index in [9.17, 15) is 14.0 Å². The molecule has 7 nitrogen and oxygen atoms in total. The lowest BCUT2D eigenvalue weighted by molar-refractivity contribution is -0.123. The number of rotatable bonds is 9. The minimum atomic E-state index is -0.820. The zero-order valence-electron chi connectivity index (χ0n) is 16.7. The van der Waals surface area contributed by atoms with Crippen molar-refractivity contribution in [1.29, 1.82) is 0 Å². The first-order valence-electron chi connectivity index (χ1n) is 9.87. The summed E-state index contributed by atoms with van der Waals surface area (Å²) in [5.74, 6) is -0.684. The molecule has 2 atom stereocenters. The number of alkyl carbamates (subject to hydrolysis) is 1. The summed E-state index contributed by atoms with van der Waals surface area (Å²) in [6.07, 6.45) is 0.412. The average Bonchev–Trinajstić information content (AvgIpc) is 3.20. The highest BCUT2D eigenvalue weighted by Crippen LogP contribution is 2.14. The number of aryl methyl sites for hydroxylation is 1. The lowest BCUT2D eigenvalue weighted by atomic mass is 10.0. The molecule has 0 aromatic heterocycles. The van der Waals surface area contributed by atoms with Gasteiger partial charge in [0.05, 0.1) is 6.54 Å². The Labute approximate surface area is 188 Å². The molecule has 2 aromatic rings. The van der Waals surface area contributed by atoms with E-state index in [1.54, 1.807) is 12.1 Å². The van der Waals surface area contributed by atoms with Gasteiger partial charge in [-0.25, -0.2) is 9.18 Å². The van der Waals surface area contributed by atoms with Crippen LogP contribution >= 0.6 is 15.9 Å². The van der Waals surface area contributed by atoms with Crippen molar-refractivity contribution in [2.24, 2.45) is 5.16 Å². The standard InChI is InChI=1S/C22H23BrFN3O4/c23-20-12-18(31-27-20)13-25-21(28)19(11-8-15-6-9-17(24)10-7-15)26-22(29)30-14-16-4-2-1-3-5-16/h1-7,9-10,18-19H,8,11-14H2,(H,25,28)(H,26,29)/t18?,19-/m0/s1. The Morgan fingerprint density at radius 1 is 1.16 bits per heavy atom. The number of nitrogens with zero attached hydrogens (tertiary/aromatic N) is 1. The monoisotopic (exact) mass is 491 g/mol. The molecule has 0 radical (unpaired) electrons. The Balaban J connectivity index is 1.54. The number of carbonyl (C=O) groups excluding carboxylic acids is 2. The Morgan fingerprint density at radius 3 is 2.58 bits per heavy atom. The molecule has 0 spiro atoms. The molecule has 1 unspecified atom stereocenters. The van der Waals surface area contributed by atoms with Gasteiger partial charge in [-0.3, -0.25) is 4.79 Å². The molecule has 1 aliphatic heterocycles. The van der Waals surface area contributed by atoms with Crippen molar-refractivity contribution in [3.63, 3.8) is 0 Å². The molecule has 1 heterocycles. The summed E-state index contributed by atoms with van der Waals surface area (Å²) in [6, 6.07) is 14.5. The van der Waals surface area contributed by atoms with Gasteiger partial charge in [-0.2, -0.15) is 0 Å². The highest BCUT2D eigenvalue weighted by atomic mass is 79.9. The van der Waals surface area contributed by atoms with Gasteiger partial charge in [0.25, 0.3) is 0 Å². The number of nitrogens with one attached hydrogen (secondary N) is 2. The second-order valence-corrected chi connectivity index (χ2v) is 7.98. The van der Waals surface area contributed by atoms with Gasteiger partial charge in [0.1, 0.15) is 23.1 Å². The van der Waals surface area contributed by atoms with Gasteiger partial charge in [-0.15, -0.1) is 0 Å². The normalized spacial score (nSPS) is 16.1. The second-order valence-electron chi connectivity index (χ2n) is 7.07. The van der Waals surface area contributed by atoms with Crippen molar-refractivity contribution >= 4 is 32.6 Å². The molecule has 3 rings (SSSR count). The molecule has 0 saturated heterocycles.